The molecule has 0 fully saturated rings. The van der Waals surface area contributed by atoms with Gasteiger partial charge in [-0.25, -0.2) is 4.79 Å². The smallest absolute Gasteiger partial charge is 0.330 e. The van der Waals surface area contributed by atoms with Gasteiger partial charge in [0.15, 0.2) is 0 Å². The molecule has 0 aliphatic rings. The molecule has 4 nitrogen and oxygen atoms in total. The molecule has 16 heavy (non-hydrogen) atoms. The van der Waals surface area contributed by atoms with Crippen LogP contribution in [0.25, 0.3) is 0 Å². The highest BCUT2D eigenvalue weighted by atomic mass is 16.5. The second kappa shape index (κ2) is 5.80. The maximum absolute atomic E-state index is 10.8. The van der Waals surface area contributed by atoms with Crippen LogP contribution in [-0.4, -0.2) is 12.6 Å². The number of carbonyl (C=O) groups excluding carboxylic acids is 1. The zero-order valence-electron chi connectivity index (χ0n) is 9.11. The SMILES string of the molecule is C=CC(=O)OCCCc1cc(N)cc(N)c1. The highest BCUT2D eigenvalue weighted by Crippen LogP contribution is 2.14. The lowest BCUT2D eigenvalue weighted by molar-refractivity contribution is -0.137. The number of benzene rings is 1. The normalized spacial score (nSPS) is 9.75. The van der Waals surface area contributed by atoms with Crippen molar-refractivity contribution >= 4 is 17.3 Å². The molecule has 0 aromatic heterocycles. The first-order chi connectivity index (χ1) is 7.61. The molecule has 0 saturated heterocycles. The topological polar surface area (TPSA) is 78.3 Å². The molecule has 0 unspecified atom stereocenters. The minimum absolute atomic E-state index is 0.375. The number of anilines is 2. The molecular weight excluding hydrogens is 204 g/mol. The lowest BCUT2D eigenvalue weighted by Crippen LogP contribution is -2.03. The first kappa shape index (κ1) is 12.1. The number of hydrogen-bond donors (Lipinski definition) is 2. The third-order valence-corrected chi connectivity index (χ3v) is 2.06. The molecule has 1 aromatic carbocycles. The van der Waals surface area contributed by atoms with Gasteiger partial charge in [0, 0.05) is 17.5 Å². The molecule has 1 aromatic rings. The summed E-state index contributed by atoms with van der Waals surface area (Å²) in [7, 11) is 0. The van der Waals surface area contributed by atoms with Gasteiger partial charge in [-0.3, -0.25) is 0 Å². The first-order valence-corrected chi connectivity index (χ1v) is 5.06. The Morgan fingerprint density at radius 1 is 1.31 bits per heavy atom. The van der Waals surface area contributed by atoms with Gasteiger partial charge in [0.05, 0.1) is 6.61 Å². The predicted molar refractivity (Wildman–Crippen MR) is 64.7 cm³/mol. The fourth-order valence-electron chi connectivity index (χ4n) is 1.40. The van der Waals surface area contributed by atoms with Crippen LogP contribution in [0, 0.1) is 0 Å². The van der Waals surface area contributed by atoms with Crippen molar-refractivity contribution in [3.63, 3.8) is 0 Å². The molecule has 0 heterocycles. The zero-order valence-corrected chi connectivity index (χ0v) is 9.11. The molecule has 0 radical (unpaired) electrons. The van der Waals surface area contributed by atoms with Gasteiger partial charge in [-0.1, -0.05) is 6.58 Å². The quantitative estimate of drug-likeness (QED) is 0.341. The van der Waals surface area contributed by atoms with Crippen LogP contribution in [0.5, 0.6) is 0 Å². The Bertz CT molecular complexity index is 368. The van der Waals surface area contributed by atoms with Gasteiger partial charge in [0.1, 0.15) is 0 Å². The lowest BCUT2D eigenvalue weighted by Gasteiger charge is -2.05. The number of rotatable bonds is 5. The average Bonchev–Trinajstić information content (AvgIpc) is 2.22. The van der Waals surface area contributed by atoms with Gasteiger partial charge in [-0.15, -0.1) is 0 Å². The first-order valence-electron chi connectivity index (χ1n) is 5.06. The van der Waals surface area contributed by atoms with Crippen LogP contribution in [0.2, 0.25) is 0 Å². The predicted octanol–water partition coefficient (Wildman–Crippen LogP) is 1.51. The average molecular weight is 220 g/mol. The summed E-state index contributed by atoms with van der Waals surface area (Å²) in [5, 5.41) is 0. The molecule has 4 N–H and O–H groups in total. The van der Waals surface area contributed by atoms with Crippen LogP contribution >= 0.6 is 0 Å². The maximum atomic E-state index is 10.8. The third kappa shape index (κ3) is 4.04. The molecule has 0 bridgehead atoms. The van der Waals surface area contributed by atoms with E-state index in [1.165, 1.54) is 0 Å². The molecule has 0 saturated carbocycles. The molecule has 1 rings (SSSR count). The van der Waals surface area contributed by atoms with E-state index in [0.717, 1.165) is 24.5 Å². The number of ether oxygens (including phenoxy) is 1. The summed E-state index contributed by atoms with van der Waals surface area (Å²) < 4.78 is 4.85. The molecule has 86 valence electrons. The highest BCUT2D eigenvalue weighted by Gasteiger charge is 1.99. The number of aryl methyl sites for hydroxylation is 1. The second-order valence-electron chi connectivity index (χ2n) is 3.48. The van der Waals surface area contributed by atoms with E-state index in [-0.39, 0.29) is 0 Å². The van der Waals surface area contributed by atoms with Gasteiger partial charge in [0.25, 0.3) is 0 Å². The van der Waals surface area contributed by atoms with E-state index in [2.05, 4.69) is 6.58 Å². The Morgan fingerprint density at radius 3 is 2.50 bits per heavy atom. The Kier molecular flexibility index (Phi) is 4.39. The molecule has 0 spiro atoms. The lowest BCUT2D eigenvalue weighted by atomic mass is 10.1. The van der Waals surface area contributed by atoms with Crippen LogP contribution in [0.15, 0.2) is 30.9 Å². The summed E-state index contributed by atoms with van der Waals surface area (Å²) in [6.45, 7) is 3.69. The summed E-state index contributed by atoms with van der Waals surface area (Å²) in [6.07, 6.45) is 2.67. The van der Waals surface area contributed by atoms with E-state index in [4.69, 9.17) is 16.2 Å². The van der Waals surface area contributed by atoms with Gasteiger partial charge in [-0.05, 0) is 36.6 Å². The monoisotopic (exact) mass is 220 g/mol. The van der Waals surface area contributed by atoms with E-state index < -0.39 is 5.97 Å². The fraction of sp³-hybridized carbons (Fsp3) is 0.250. The summed E-state index contributed by atoms with van der Waals surface area (Å²) in [4.78, 5) is 10.8. The van der Waals surface area contributed by atoms with Gasteiger partial charge >= 0.3 is 5.97 Å². The number of esters is 1. The van der Waals surface area contributed by atoms with Crippen LogP contribution in [0.3, 0.4) is 0 Å². The maximum Gasteiger partial charge on any atom is 0.330 e. The summed E-state index contributed by atoms with van der Waals surface area (Å²) in [5.74, 6) is -0.396. The van der Waals surface area contributed by atoms with Crippen LogP contribution in [0.1, 0.15) is 12.0 Å². The Morgan fingerprint density at radius 2 is 1.94 bits per heavy atom. The molecular formula is C12H16N2O2. The number of carbonyl (C=O) groups is 1. The molecule has 0 aliphatic heterocycles. The Hall–Kier alpha value is -1.97. The van der Waals surface area contributed by atoms with Crippen molar-refractivity contribution in [3.8, 4) is 0 Å². The van der Waals surface area contributed by atoms with Crippen LogP contribution < -0.4 is 11.5 Å². The van der Waals surface area contributed by atoms with Crippen molar-refractivity contribution in [2.75, 3.05) is 18.1 Å². The van der Waals surface area contributed by atoms with E-state index in [1.807, 2.05) is 12.1 Å². The minimum Gasteiger partial charge on any atom is -0.463 e. The molecule has 0 amide bonds. The zero-order chi connectivity index (χ0) is 12.0. The van der Waals surface area contributed by atoms with Crippen molar-refractivity contribution in [2.24, 2.45) is 0 Å². The van der Waals surface area contributed by atoms with Crippen molar-refractivity contribution in [2.45, 2.75) is 12.8 Å². The number of hydrogen-bond acceptors (Lipinski definition) is 4. The van der Waals surface area contributed by atoms with E-state index in [0.29, 0.717) is 18.0 Å². The molecule has 0 aliphatic carbocycles. The Balaban J connectivity index is 2.37. The second-order valence-corrected chi connectivity index (χ2v) is 3.48. The molecule has 4 heteroatoms. The largest absolute Gasteiger partial charge is 0.463 e. The Labute approximate surface area is 94.9 Å². The number of nitrogen functional groups attached to an aromatic ring is 2. The van der Waals surface area contributed by atoms with Gasteiger partial charge < -0.3 is 16.2 Å². The van der Waals surface area contributed by atoms with E-state index in [9.17, 15) is 4.79 Å². The number of nitrogens with two attached hydrogens (primary N) is 2. The highest BCUT2D eigenvalue weighted by molar-refractivity contribution is 5.81. The van der Waals surface area contributed by atoms with E-state index in [1.54, 1.807) is 6.07 Å². The summed E-state index contributed by atoms with van der Waals surface area (Å²) >= 11 is 0. The fourth-order valence-corrected chi connectivity index (χ4v) is 1.40. The standard InChI is InChI=1S/C12H16N2O2/c1-2-12(15)16-5-3-4-9-6-10(13)8-11(14)7-9/h2,6-8H,1,3-5,13-14H2. The summed E-state index contributed by atoms with van der Waals surface area (Å²) in [6, 6.07) is 5.44. The minimum atomic E-state index is -0.396. The molecule has 0 atom stereocenters. The van der Waals surface area contributed by atoms with Crippen molar-refractivity contribution in [1.82, 2.24) is 0 Å². The van der Waals surface area contributed by atoms with Crippen LogP contribution in [-0.2, 0) is 16.0 Å². The third-order valence-electron chi connectivity index (χ3n) is 2.06. The van der Waals surface area contributed by atoms with Crippen molar-refractivity contribution < 1.29 is 9.53 Å². The van der Waals surface area contributed by atoms with Gasteiger partial charge in [-0.2, -0.15) is 0 Å². The van der Waals surface area contributed by atoms with Crippen molar-refractivity contribution in [1.29, 1.82) is 0 Å². The van der Waals surface area contributed by atoms with Gasteiger partial charge in [0.2, 0.25) is 0 Å². The van der Waals surface area contributed by atoms with Crippen molar-refractivity contribution in [3.05, 3.63) is 36.4 Å². The van der Waals surface area contributed by atoms with Crippen LogP contribution in [0.4, 0.5) is 11.4 Å². The summed E-state index contributed by atoms with van der Waals surface area (Å²) in [5.41, 5.74) is 13.7. The van der Waals surface area contributed by atoms with E-state index >= 15 is 0 Å².